The molecule has 0 unspecified atom stereocenters. The quantitative estimate of drug-likeness (QED) is 0.541. The number of hydrogen-bond acceptors (Lipinski definition) is 6. The van der Waals surface area contributed by atoms with Crippen LogP contribution < -0.4 is 10.9 Å². The van der Waals surface area contributed by atoms with Gasteiger partial charge >= 0.3 is 0 Å². The number of anilines is 1. The van der Waals surface area contributed by atoms with Crippen LogP contribution in [0.1, 0.15) is 25.9 Å². The first kappa shape index (κ1) is 17.6. The van der Waals surface area contributed by atoms with E-state index in [0.29, 0.717) is 31.6 Å². The van der Waals surface area contributed by atoms with Crippen LogP contribution in [-0.4, -0.2) is 20.9 Å². The maximum atomic E-state index is 12.8. The molecule has 27 heavy (non-hydrogen) atoms. The first-order chi connectivity index (χ1) is 12.9. The van der Waals surface area contributed by atoms with Crippen LogP contribution in [0.25, 0.3) is 21.5 Å². The summed E-state index contributed by atoms with van der Waals surface area (Å²) in [4.78, 5) is 38.6. The van der Waals surface area contributed by atoms with Gasteiger partial charge in [-0.2, -0.15) is 0 Å². The molecule has 0 aliphatic rings. The van der Waals surface area contributed by atoms with Crippen molar-refractivity contribution in [1.29, 1.82) is 0 Å². The number of nitrogens with one attached hydrogen (secondary N) is 2. The molecule has 0 fully saturated rings. The summed E-state index contributed by atoms with van der Waals surface area (Å²) >= 11 is 2.65. The minimum absolute atomic E-state index is 0.221. The summed E-state index contributed by atoms with van der Waals surface area (Å²) in [5.41, 5.74) is 2.29. The summed E-state index contributed by atoms with van der Waals surface area (Å²) in [6, 6.07) is 9.85. The zero-order chi connectivity index (χ0) is 19.1. The molecule has 1 aromatic carbocycles. The standard InChI is InChI=1S/C19H16N4O2S2/c1-9-13-16(24)20-11(3)21-18(13)27-15(9)17(25)23-19-22-14(10(2)26-19)12-7-5-4-6-8-12/h4-8H,1-3H3,(H,20,21,24)(H,22,23,25). The van der Waals surface area contributed by atoms with E-state index in [9.17, 15) is 9.59 Å². The van der Waals surface area contributed by atoms with Crippen molar-refractivity contribution < 1.29 is 4.79 Å². The van der Waals surface area contributed by atoms with E-state index < -0.39 is 0 Å². The number of aromatic amines is 1. The summed E-state index contributed by atoms with van der Waals surface area (Å²) in [5.74, 6) is 0.254. The van der Waals surface area contributed by atoms with E-state index in [-0.39, 0.29) is 11.5 Å². The molecular weight excluding hydrogens is 380 g/mol. The van der Waals surface area contributed by atoms with Crippen molar-refractivity contribution in [3.63, 3.8) is 0 Å². The molecule has 0 spiro atoms. The number of H-pyrrole nitrogens is 1. The predicted octanol–water partition coefficient (Wildman–Crippen LogP) is 4.29. The number of fused-ring (bicyclic) bond motifs is 1. The Morgan fingerprint density at radius 1 is 1.07 bits per heavy atom. The molecule has 8 heteroatoms. The van der Waals surface area contributed by atoms with E-state index in [1.54, 1.807) is 13.8 Å². The number of hydrogen-bond donors (Lipinski definition) is 2. The first-order valence-corrected chi connectivity index (χ1v) is 9.91. The highest BCUT2D eigenvalue weighted by Gasteiger charge is 2.20. The maximum absolute atomic E-state index is 12.8. The average Bonchev–Trinajstić information content (AvgIpc) is 3.15. The number of benzene rings is 1. The molecule has 136 valence electrons. The summed E-state index contributed by atoms with van der Waals surface area (Å²) in [6.45, 7) is 5.47. The Hall–Kier alpha value is -2.84. The zero-order valence-electron chi connectivity index (χ0n) is 14.9. The largest absolute Gasteiger partial charge is 0.310 e. The van der Waals surface area contributed by atoms with Crippen LogP contribution in [0, 0.1) is 20.8 Å². The molecule has 4 rings (SSSR count). The van der Waals surface area contributed by atoms with Crippen molar-refractivity contribution in [3.8, 4) is 11.3 Å². The van der Waals surface area contributed by atoms with Gasteiger partial charge in [-0.25, -0.2) is 9.97 Å². The number of aryl methyl sites for hydroxylation is 3. The van der Waals surface area contributed by atoms with Gasteiger partial charge in [0.15, 0.2) is 5.13 Å². The number of amides is 1. The Bertz CT molecular complexity index is 1220. The number of carbonyl (C=O) groups is 1. The van der Waals surface area contributed by atoms with Gasteiger partial charge in [0.25, 0.3) is 11.5 Å². The number of thiophene rings is 1. The van der Waals surface area contributed by atoms with Gasteiger partial charge in [0.1, 0.15) is 10.7 Å². The van der Waals surface area contributed by atoms with Gasteiger partial charge in [0.2, 0.25) is 0 Å². The van der Waals surface area contributed by atoms with Gasteiger partial charge in [0, 0.05) is 10.4 Å². The summed E-state index contributed by atoms with van der Waals surface area (Å²) in [7, 11) is 0. The number of carbonyl (C=O) groups excluding carboxylic acids is 1. The molecule has 3 aromatic heterocycles. The van der Waals surface area contributed by atoms with E-state index in [2.05, 4.69) is 20.3 Å². The predicted molar refractivity (Wildman–Crippen MR) is 110 cm³/mol. The molecule has 6 nitrogen and oxygen atoms in total. The van der Waals surface area contributed by atoms with E-state index in [1.165, 1.54) is 22.7 Å². The Morgan fingerprint density at radius 2 is 1.81 bits per heavy atom. The minimum Gasteiger partial charge on any atom is -0.310 e. The lowest BCUT2D eigenvalue weighted by molar-refractivity contribution is 0.103. The fourth-order valence-electron chi connectivity index (χ4n) is 2.94. The lowest BCUT2D eigenvalue weighted by Crippen LogP contribution is -2.12. The molecular formula is C19H16N4O2S2. The Kier molecular flexibility index (Phi) is 4.37. The topological polar surface area (TPSA) is 87.7 Å². The molecule has 0 saturated heterocycles. The highest BCUT2D eigenvalue weighted by atomic mass is 32.1. The van der Waals surface area contributed by atoms with E-state index in [4.69, 9.17) is 0 Å². The number of aromatic nitrogens is 3. The third kappa shape index (κ3) is 3.17. The fraction of sp³-hybridized carbons (Fsp3) is 0.158. The van der Waals surface area contributed by atoms with Crippen molar-refractivity contribution in [2.45, 2.75) is 20.8 Å². The number of rotatable bonds is 3. The van der Waals surface area contributed by atoms with Crippen molar-refractivity contribution in [2.24, 2.45) is 0 Å². The summed E-state index contributed by atoms with van der Waals surface area (Å²) < 4.78 is 0. The van der Waals surface area contributed by atoms with Crippen LogP contribution >= 0.6 is 22.7 Å². The highest BCUT2D eigenvalue weighted by molar-refractivity contribution is 7.21. The Labute approximate surface area is 162 Å². The molecule has 3 heterocycles. The van der Waals surface area contributed by atoms with Crippen LogP contribution in [0.4, 0.5) is 5.13 Å². The zero-order valence-corrected chi connectivity index (χ0v) is 16.5. The summed E-state index contributed by atoms with van der Waals surface area (Å²) in [6.07, 6.45) is 0. The van der Waals surface area contributed by atoms with Crippen LogP contribution in [-0.2, 0) is 0 Å². The molecule has 0 aliphatic carbocycles. The maximum Gasteiger partial charge on any atom is 0.267 e. The van der Waals surface area contributed by atoms with Gasteiger partial charge in [-0.05, 0) is 26.3 Å². The van der Waals surface area contributed by atoms with Crippen molar-refractivity contribution in [2.75, 3.05) is 5.32 Å². The van der Waals surface area contributed by atoms with E-state index in [1.807, 2.05) is 37.3 Å². The third-order valence-corrected chi connectivity index (χ3v) is 6.26. The molecule has 2 N–H and O–H groups in total. The van der Waals surface area contributed by atoms with Gasteiger partial charge in [-0.15, -0.1) is 22.7 Å². The second kappa shape index (κ2) is 6.71. The lowest BCUT2D eigenvalue weighted by Gasteiger charge is -2.00. The molecule has 0 aliphatic heterocycles. The van der Waals surface area contributed by atoms with Crippen molar-refractivity contribution >= 4 is 43.9 Å². The lowest BCUT2D eigenvalue weighted by atomic mass is 10.1. The van der Waals surface area contributed by atoms with E-state index >= 15 is 0 Å². The smallest absolute Gasteiger partial charge is 0.267 e. The molecule has 0 atom stereocenters. The Morgan fingerprint density at radius 3 is 2.56 bits per heavy atom. The monoisotopic (exact) mass is 396 g/mol. The van der Waals surface area contributed by atoms with Crippen LogP contribution in [0.2, 0.25) is 0 Å². The van der Waals surface area contributed by atoms with Gasteiger partial charge in [0.05, 0.1) is 16.0 Å². The van der Waals surface area contributed by atoms with Crippen LogP contribution in [0.3, 0.4) is 0 Å². The number of thiazole rings is 1. The minimum atomic E-state index is -0.277. The molecule has 0 saturated carbocycles. The molecule has 0 radical (unpaired) electrons. The van der Waals surface area contributed by atoms with Crippen molar-refractivity contribution in [1.82, 2.24) is 15.0 Å². The van der Waals surface area contributed by atoms with Gasteiger partial charge in [-0.1, -0.05) is 30.3 Å². The molecule has 4 aromatic rings. The molecule has 1 amide bonds. The number of nitrogens with zero attached hydrogens (tertiary/aromatic N) is 2. The fourth-order valence-corrected chi connectivity index (χ4v) is 4.89. The SMILES string of the molecule is Cc1nc2sc(C(=O)Nc3nc(-c4ccccc4)c(C)s3)c(C)c2c(=O)[nH]1. The summed E-state index contributed by atoms with van der Waals surface area (Å²) in [5, 5.41) is 3.87. The average molecular weight is 396 g/mol. The van der Waals surface area contributed by atoms with Crippen LogP contribution in [0.5, 0.6) is 0 Å². The normalized spacial score (nSPS) is 11.1. The highest BCUT2D eigenvalue weighted by Crippen LogP contribution is 2.32. The van der Waals surface area contributed by atoms with Crippen LogP contribution in [0.15, 0.2) is 35.1 Å². The Balaban J connectivity index is 1.68. The van der Waals surface area contributed by atoms with Crippen molar-refractivity contribution in [3.05, 3.63) is 61.8 Å². The third-order valence-electron chi connectivity index (χ3n) is 4.19. The second-order valence-corrected chi connectivity index (χ2v) is 8.33. The van der Waals surface area contributed by atoms with Gasteiger partial charge in [-0.3, -0.25) is 14.9 Å². The van der Waals surface area contributed by atoms with E-state index in [0.717, 1.165) is 16.1 Å². The second-order valence-electron chi connectivity index (χ2n) is 6.13. The van der Waals surface area contributed by atoms with Gasteiger partial charge < -0.3 is 4.98 Å². The first-order valence-electron chi connectivity index (χ1n) is 8.28. The molecule has 0 bridgehead atoms.